The van der Waals surface area contributed by atoms with Crippen LogP contribution in [-0.2, 0) is 14.3 Å². The molecule has 2 aromatic rings. The van der Waals surface area contributed by atoms with Crippen molar-refractivity contribution in [3.05, 3.63) is 76.1 Å². The zero-order chi connectivity index (χ0) is 26.8. The number of Topliss-reactive ketones (excluding diaryl/α,β-unsaturated/α-hetero) is 1. The van der Waals surface area contributed by atoms with Crippen LogP contribution in [-0.4, -0.2) is 39.2 Å². The highest BCUT2D eigenvalue weighted by atomic mass is 16.5. The minimum atomic E-state index is -0.564. The molecule has 1 aliphatic heterocycles. The predicted octanol–water partition coefficient (Wildman–Crippen LogP) is 5.56. The highest BCUT2D eigenvalue weighted by molar-refractivity contribution is 6.04. The summed E-state index contributed by atoms with van der Waals surface area (Å²) in [7, 11) is 4.81. The molecule has 0 amide bonds. The average Bonchev–Trinajstić information content (AvgIpc) is 3.44. The Bertz CT molecular complexity index is 1300. The lowest BCUT2D eigenvalue weighted by Crippen LogP contribution is -2.36. The fourth-order valence-electron chi connectivity index (χ4n) is 6.12. The highest BCUT2D eigenvalue weighted by Gasteiger charge is 2.42. The van der Waals surface area contributed by atoms with Crippen molar-refractivity contribution in [1.29, 1.82) is 0 Å². The number of hydrogen-bond donors (Lipinski definition) is 1. The van der Waals surface area contributed by atoms with Crippen LogP contribution in [0, 0.1) is 0 Å². The molecule has 3 aliphatic rings. The number of ketones is 1. The Kier molecular flexibility index (Phi) is 7.45. The van der Waals surface area contributed by atoms with Crippen molar-refractivity contribution in [2.24, 2.45) is 0 Å². The van der Waals surface area contributed by atoms with E-state index in [2.05, 4.69) is 5.32 Å². The van der Waals surface area contributed by atoms with Gasteiger partial charge in [-0.15, -0.1) is 0 Å². The van der Waals surface area contributed by atoms with E-state index in [4.69, 9.17) is 18.9 Å². The minimum absolute atomic E-state index is 0.00751. The summed E-state index contributed by atoms with van der Waals surface area (Å²) in [6.45, 7) is 1.89. The normalized spacial score (nSPS) is 21.6. The number of para-hydroxylation sites is 1. The van der Waals surface area contributed by atoms with E-state index in [1.54, 1.807) is 21.3 Å². The molecule has 200 valence electrons. The molecule has 5 rings (SSSR count). The molecule has 1 N–H and O–H groups in total. The van der Waals surface area contributed by atoms with Crippen LogP contribution in [0.3, 0.4) is 0 Å². The van der Waals surface area contributed by atoms with E-state index in [0.29, 0.717) is 41.2 Å². The van der Waals surface area contributed by atoms with Crippen LogP contribution in [0.25, 0.3) is 0 Å². The second kappa shape index (κ2) is 10.9. The Hall–Kier alpha value is -3.74. The van der Waals surface area contributed by atoms with Crippen LogP contribution in [0.5, 0.6) is 17.2 Å². The summed E-state index contributed by atoms with van der Waals surface area (Å²) in [5, 5.41) is 3.43. The molecule has 0 spiro atoms. The maximum absolute atomic E-state index is 13.9. The van der Waals surface area contributed by atoms with Crippen molar-refractivity contribution < 1.29 is 28.5 Å². The van der Waals surface area contributed by atoms with Gasteiger partial charge in [0.2, 0.25) is 0 Å². The van der Waals surface area contributed by atoms with Crippen LogP contribution in [0.2, 0.25) is 0 Å². The number of benzene rings is 2. The van der Waals surface area contributed by atoms with Crippen molar-refractivity contribution in [3.63, 3.8) is 0 Å². The Balaban J connectivity index is 1.58. The minimum Gasteiger partial charge on any atom is -0.496 e. The smallest absolute Gasteiger partial charge is 0.337 e. The third-order valence-corrected chi connectivity index (χ3v) is 7.94. The number of hydrogen-bond acceptors (Lipinski definition) is 7. The molecular formula is C31H35NO6. The Morgan fingerprint density at radius 3 is 2.32 bits per heavy atom. The number of carbonyl (C=O) groups excluding carboxylic acids is 2. The summed E-state index contributed by atoms with van der Waals surface area (Å²) in [6, 6.07) is 13.4. The van der Waals surface area contributed by atoms with Gasteiger partial charge in [-0.1, -0.05) is 24.3 Å². The number of esters is 1. The van der Waals surface area contributed by atoms with Gasteiger partial charge in [0.25, 0.3) is 0 Å². The number of carbonyl (C=O) groups is 2. The third-order valence-electron chi connectivity index (χ3n) is 7.94. The molecule has 0 saturated heterocycles. The fraction of sp³-hybridized carbons (Fsp3) is 0.419. The molecule has 1 heterocycles. The van der Waals surface area contributed by atoms with E-state index in [-0.39, 0.29) is 23.8 Å². The maximum atomic E-state index is 13.9. The van der Waals surface area contributed by atoms with Crippen LogP contribution in [0.4, 0.5) is 0 Å². The van der Waals surface area contributed by atoms with Gasteiger partial charge in [0, 0.05) is 35.2 Å². The van der Waals surface area contributed by atoms with Crippen LogP contribution in [0.15, 0.2) is 65.0 Å². The average molecular weight is 518 g/mol. The summed E-state index contributed by atoms with van der Waals surface area (Å²) in [6.07, 6.45) is 4.75. The van der Waals surface area contributed by atoms with Crippen molar-refractivity contribution in [2.45, 2.75) is 63.4 Å². The lowest BCUT2D eigenvalue weighted by atomic mass is 9.71. The van der Waals surface area contributed by atoms with Gasteiger partial charge in [-0.25, -0.2) is 4.79 Å². The van der Waals surface area contributed by atoms with Crippen LogP contribution in [0.1, 0.15) is 68.4 Å². The zero-order valence-corrected chi connectivity index (χ0v) is 22.5. The Labute approximate surface area is 223 Å². The number of rotatable bonds is 7. The van der Waals surface area contributed by atoms with E-state index in [0.717, 1.165) is 48.3 Å². The summed E-state index contributed by atoms with van der Waals surface area (Å²) in [5.41, 5.74) is 4.44. The van der Waals surface area contributed by atoms with E-state index >= 15 is 0 Å². The topological polar surface area (TPSA) is 83.1 Å². The van der Waals surface area contributed by atoms with Gasteiger partial charge in [0.05, 0.1) is 26.9 Å². The van der Waals surface area contributed by atoms with Crippen molar-refractivity contribution in [3.8, 4) is 17.2 Å². The maximum Gasteiger partial charge on any atom is 0.337 e. The molecular weight excluding hydrogens is 482 g/mol. The second-order valence-corrected chi connectivity index (χ2v) is 10.2. The van der Waals surface area contributed by atoms with Crippen molar-refractivity contribution in [2.75, 3.05) is 21.3 Å². The van der Waals surface area contributed by atoms with Gasteiger partial charge in [-0.3, -0.25) is 4.79 Å². The number of ether oxygens (including phenoxy) is 4. The number of methoxy groups -OCH3 is 3. The zero-order valence-electron chi connectivity index (χ0n) is 22.5. The van der Waals surface area contributed by atoms with Crippen molar-refractivity contribution >= 4 is 11.8 Å². The molecule has 0 aromatic heterocycles. The monoisotopic (exact) mass is 517 g/mol. The van der Waals surface area contributed by atoms with Gasteiger partial charge in [-0.05, 0) is 68.4 Å². The van der Waals surface area contributed by atoms with E-state index in [1.807, 2.05) is 49.4 Å². The molecule has 7 heteroatoms. The molecule has 2 atom stereocenters. The van der Waals surface area contributed by atoms with Crippen LogP contribution < -0.4 is 19.5 Å². The molecule has 38 heavy (non-hydrogen) atoms. The molecule has 1 fully saturated rings. The third kappa shape index (κ3) is 4.77. The number of dihydropyridines is 1. The predicted molar refractivity (Wildman–Crippen MR) is 143 cm³/mol. The summed E-state index contributed by atoms with van der Waals surface area (Å²) >= 11 is 0. The lowest BCUT2D eigenvalue weighted by Gasteiger charge is -2.37. The first-order valence-corrected chi connectivity index (χ1v) is 13.2. The quantitative estimate of drug-likeness (QED) is 0.482. The van der Waals surface area contributed by atoms with E-state index in [9.17, 15) is 9.59 Å². The van der Waals surface area contributed by atoms with Gasteiger partial charge >= 0.3 is 5.97 Å². The molecule has 0 bridgehead atoms. The first-order valence-electron chi connectivity index (χ1n) is 13.2. The number of nitrogens with one attached hydrogen (secondary N) is 1. The standard InChI is InChI=1S/C31H35NO6/c1-18-28(31(34)38-21-9-5-6-10-21)29(19-13-14-26(36-3)27(17-19)37-4)30-23(32-18)15-20(16-24(30)33)22-11-7-8-12-25(22)35-2/h7-8,11-14,17,20-21,29,32H,5-6,9-10,15-16H2,1-4H3/t20-,29+/m0/s1. The molecule has 2 aliphatic carbocycles. The Morgan fingerprint density at radius 1 is 0.895 bits per heavy atom. The number of allylic oxidation sites excluding steroid dienone is 3. The first kappa shape index (κ1) is 25.9. The Morgan fingerprint density at radius 2 is 1.61 bits per heavy atom. The second-order valence-electron chi connectivity index (χ2n) is 10.2. The largest absolute Gasteiger partial charge is 0.496 e. The van der Waals surface area contributed by atoms with E-state index in [1.165, 1.54) is 0 Å². The summed E-state index contributed by atoms with van der Waals surface area (Å²) in [5.74, 6) is 0.945. The summed E-state index contributed by atoms with van der Waals surface area (Å²) < 4.78 is 22.6. The highest BCUT2D eigenvalue weighted by Crippen LogP contribution is 2.48. The fourth-order valence-corrected chi connectivity index (χ4v) is 6.12. The molecule has 0 unspecified atom stereocenters. The van der Waals surface area contributed by atoms with Gasteiger partial charge < -0.3 is 24.3 Å². The van der Waals surface area contributed by atoms with Crippen LogP contribution >= 0.6 is 0 Å². The molecule has 1 saturated carbocycles. The van der Waals surface area contributed by atoms with Gasteiger partial charge in [-0.2, -0.15) is 0 Å². The lowest BCUT2D eigenvalue weighted by molar-refractivity contribution is -0.144. The SMILES string of the molecule is COc1ccc([C@@H]2C(C(=O)OC3CCCC3)=C(C)NC3=C2C(=O)C[C@@H](c2ccccc2OC)C3)cc1OC. The molecule has 2 aromatic carbocycles. The molecule has 7 nitrogen and oxygen atoms in total. The summed E-state index contributed by atoms with van der Waals surface area (Å²) in [4.78, 5) is 27.6. The van der Waals surface area contributed by atoms with Crippen molar-refractivity contribution in [1.82, 2.24) is 5.32 Å². The first-order chi connectivity index (χ1) is 18.4. The van der Waals surface area contributed by atoms with Gasteiger partial charge in [0.15, 0.2) is 17.3 Å². The molecule has 0 radical (unpaired) electrons. The van der Waals surface area contributed by atoms with Gasteiger partial charge in [0.1, 0.15) is 11.9 Å². The van der Waals surface area contributed by atoms with E-state index < -0.39 is 5.92 Å².